The lowest BCUT2D eigenvalue weighted by Gasteiger charge is -2.07. The van der Waals surface area contributed by atoms with E-state index in [2.05, 4.69) is 4.98 Å². The van der Waals surface area contributed by atoms with Gasteiger partial charge in [-0.15, -0.1) is 0 Å². The van der Waals surface area contributed by atoms with E-state index in [1.165, 1.54) is 13.2 Å². The first-order valence-corrected chi connectivity index (χ1v) is 5.12. The highest BCUT2D eigenvalue weighted by atomic mass is 19.1. The molecule has 2 rings (SSSR count). The molecule has 0 fully saturated rings. The summed E-state index contributed by atoms with van der Waals surface area (Å²) < 4.78 is 31.2. The number of nitrogens with zero attached hydrogens (tertiary/aromatic N) is 1. The molecule has 1 heterocycles. The number of ketones is 1. The Balaban J connectivity index is 2.48. The lowest BCUT2D eigenvalue weighted by molar-refractivity contribution is 0.102. The molecule has 0 aliphatic rings. The normalized spacial score (nSPS) is 10.2. The topological polar surface area (TPSA) is 39.2 Å². The number of methoxy groups -OCH3 is 1. The van der Waals surface area contributed by atoms with E-state index in [1.807, 2.05) is 0 Å². The highest BCUT2D eigenvalue weighted by Gasteiger charge is 2.19. The molecule has 2 aromatic rings. The molecule has 3 nitrogen and oxygen atoms in total. The zero-order valence-corrected chi connectivity index (χ0v) is 9.48. The van der Waals surface area contributed by atoms with Gasteiger partial charge in [0.05, 0.1) is 18.9 Å². The number of carbonyl (C=O) groups excluding carboxylic acids is 1. The summed E-state index contributed by atoms with van der Waals surface area (Å²) in [6.07, 6.45) is 0.797. The van der Waals surface area contributed by atoms with Crippen molar-refractivity contribution >= 4 is 5.78 Å². The monoisotopic (exact) mass is 249 g/mol. The molecular formula is C13H9F2NO2. The van der Waals surface area contributed by atoms with E-state index < -0.39 is 23.1 Å². The van der Waals surface area contributed by atoms with Crippen LogP contribution in [0, 0.1) is 11.6 Å². The van der Waals surface area contributed by atoms with Crippen LogP contribution in [-0.4, -0.2) is 17.9 Å². The fourth-order valence-electron chi connectivity index (χ4n) is 1.54. The number of hydrogen-bond donors (Lipinski definition) is 0. The number of carbonyl (C=O) groups is 1. The van der Waals surface area contributed by atoms with Gasteiger partial charge in [0, 0.05) is 6.07 Å². The highest BCUT2D eigenvalue weighted by Crippen LogP contribution is 2.21. The van der Waals surface area contributed by atoms with Crippen LogP contribution in [-0.2, 0) is 0 Å². The van der Waals surface area contributed by atoms with E-state index in [0.29, 0.717) is 11.8 Å². The van der Waals surface area contributed by atoms with Crippen LogP contribution in [0.5, 0.6) is 5.75 Å². The van der Waals surface area contributed by atoms with Crippen LogP contribution in [0.3, 0.4) is 0 Å². The van der Waals surface area contributed by atoms with Crippen LogP contribution in [0.15, 0.2) is 36.5 Å². The number of benzene rings is 1. The van der Waals surface area contributed by atoms with Crippen molar-refractivity contribution in [2.45, 2.75) is 0 Å². The zero-order valence-electron chi connectivity index (χ0n) is 9.48. The molecule has 0 saturated heterocycles. The Morgan fingerprint density at radius 3 is 2.67 bits per heavy atom. The number of ether oxygens (including phenoxy) is 1. The van der Waals surface area contributed by atoms with E-state index >= 15 is 0 Å². The first-order chi connectivity index (χ1) is 8.63. The molecular weight excluding hydrogens is 240 g/mol. The SMILES string of the molecule is COc1ccccc1C(=O)c1ncc(F)cc1F. The van der Waals surface area contributed by atoms with Crippen LogP contribution in [0.2, 0.25) is 0 Å². The maximum absolute atomic E-state index is 13.5. The summed E-state index contributed by atoms with van der Waals surface area (Å²) in [4.78, 5) is 15.5. The molecule has 0 radical (unpaired) electrons. The van der Waals surface area contributed by atoms with Gasteiger partial charge < -0.3 is 4.74 Å². The predicted molar refractivity (Wildman–Crippen MR) is 60.6 cm³/mol. The van der Waals surface area contributed by atoms with Crippen LogP contribution in [0.4, 0.5) is 8.78 Å². The smallest absolute Gasteiger partial charge is 0.218 e. The van der Waals surface area contributed by atoms with E-state index in [0.717, 1.165) is 6.20 Å². The van der Waals surface area contributed by atoms with Crippen molar-refractivity contribution in [3.63, 3.8) is 0 Å². The number of pyridine rings is 1. The van der Waals surface area contributed by atoms with E-state index in [9.17, 15) is 13.6 Å². The van der Waals surface area contributed by atoms with Crippen molar-refractivity contribution in [3.05, 3.63) is 59.4 Å². The molecule has 92 valence electrons. The molecule has 1 aromatic carbocycles. The number of para-hydroxylation sites is 1. The lowest BCUT2D eigenvalue weighted by atomic mass is 10.1. The van der Waals surface area contributed by atoms with Gasteiger partial charge in [-0.1, -0.05) is 12.1 Å². The zero-order chi connectivity index (χ0) is 13.1. The summed E-state index contributed by atoms with van der Waals surface area (Å²) in [5, 5.41) is 0. The minimum absolute atomic E-state index is 0.179. The first-order valence-electron chi connectivity index (χ1n) is 5.12. The van der Waals surface area contributed by atoms with Crippen molar-refractivity contribution < 1.29 is 18.3 Å². The standard InChI is InChI=1S/C13H9F2NO2/c1-18-11-5-3-2-4-9(11)13(17)12-10(15)6-8(14)7-16-12/h2-7H,1H3. The van der Waals surface area contributed by atoms with Gasteiger partial charge in [0.1, 0.15) is 17.3 Å². The number of rotatable bonds is 3. The Hall–Kier alpha value is -2.30. The first kappa shape index (κ1) is 12.2. The third kappa shape index (κ3) is 2.20. The van der Waals surface area contributed by atoms with E-state index in [-0.39, 0.29) is 5.56 Å². The van der Waals surface area contributed by atoms with Gasteiger partial charge in [-0.05, 0) is 12.1 Å². The van der Waals surface area contributed by atoms with Gasteiger partial charge in [-0.2, -0.15) is 0 Å². The van der Waals surface area contributed by atoms with Gasteiger partial charge >= 0.3 is 0 Å². The maximum Gasteiger partial charge on any atom is 0.218 e. The quantitative estimate of drug-likeness (QED) is 0.785. The van der Waals surface area contributed by atoms with E-state index in [4.69, 9.17) is 4.74 Å². The molecule has 0 aliphatic carbocycles. The molecule has 5 heteroatoms. The Morgan fingerprint density at radius 1 is 1.28 bits per heavy atom. The molecule has 0 atom stereocenters. The molecule has 0 aliphatic heterocycles. The van der Waals surface area contributed by atoms with Gasteiger partial charge in [-0.25, -0.2) is 13.8 Å². The largest absolute Gasteiger partial charge is 0.496 e. The van der Waals surface area contributed by atoms with Crippen LogP contribution in [0.1, 0.15) is 16.1 Å². The van der Waals surface area contributed by atoms with Crippen LogP contribution in [0.25, 0.3) is 0 Å². The Labute approximate surface area is 102 Å². The van der Waals surface area contributed by atoms with Crippen molar-refractivity contribution in [2.75, 3.05) is 7.11 Å². The van der Waals surface area contributed by atoms with Crippen molar-refractivity contribution in [3.8, 4) is 5.75 Å². The second kappa shape index (κ2) is 4.91. The Morgan fingerprint density at radius 2 is 2.00 bits per heavy atom. The van der Waals surface area contributed by atoms with Crippen molar-refractivity contribution in [1.82, 2.24) is 4.98 Å². The van der Waals surface area contributed by atoms with Crippen molar-refractivity contribution in [1.29, 1.82) is 0 Å². The molecule has 0 spiro atoms. The molecule has 1 aromatic heterocycles. The number of aromatic nitrogens is 1. The molecule has 0 amide bonds. The second-order valence-electron chi connectivity index (χ2n) is 3.51. The minimum Gasteiger partial charge on any atom is -0.496 e. The molecule has 0 N–H and O–H groups in total. The van der Waals surface area contributed by atoms with Gasteiger partial charge in [0.2, 0.25) is 5.78 Å². The number of halogens is 2. The summed E-state index contributed by atoms with van der Waals surface area (Å²) in [7, 11) is 1.40. The van der Waals surface area contributed by atoms with Crippen molar-refractivity contribution in [2.24, 2.45) is 0 Å². The van der Waals surface area contributed by atoms with Gasteiger partial charge in [0.25, 0.3) is 0 Å². The van der Waals surface area contributed by atoms with Gasteiger partial charge in [0.15, 0.2) is 5.82 Å². The predicted octanol–water partition coefficient (Wildman–Crippen LogP) is 2.60. The molecule has 0 bridgehead atoms. The summed E-state index contributed by atoms with van der Waals surface area (Å²) in [5.41, 5.74) is -0.251. The van der Waals surface area contributed by atoms with Crippen LogP contribution >= 0.6 is 0 Å². The molecule has 0 saturated carbocycles. The highest BCUT2D eigenvalue weighted by molar-refractivity contribution is 6.09. The summed E-state index contributed by atoms with van der Waals surface area (Å²) in [6.45, 7) is 0. The van der Waals surface area contributed by atoms with E-state index in [1.54, 1.807) is 18.2 Å². The number of hydrogen-bond acceptors (Lipinski definition) is 3. The fourth-order valence-corrected chi connectivity index (χ4v) is 1.54. The van der Waals surface area contributed by atoms with Crippen LogP contribution < -0.4 is 4.74 Å². The summed E-state index contributed by atoms with van der Waals surface area (Å²) in [5.74, 6) is -2.16. The average Bonchev–Trinajstić information content (AvgIpc) is 2.38. The molecule has 0 unspecified atom stereocenters. The summed E-state index contributed by atoms with van der Waals surface area (Å²) in [6, 6.07) is 7.00. The summed E-state index contributed by atoms with van der Waals surface area (Å²) >= 11 is 0. The Bertz CT molecular complexity index is 599. The third-order valence-electron chi connectivity index (χ3n) is 2.37. The average molecular weight is 249 g/mol. The Kier molecular flexibility index (Phi) is 3.32. The molecule has 18 heavy (non-hydrogen) atoms. The third-order valence-corrected chi connectivity index (χ3v) is 2.37. The fraction of sp³-hybridized carbons (Fsp3) is 0.0769. The lowest BCUT2D eigenvalue weighted by Crippen LogP contribution is -2.09. The second-order valence-corrected chi connectivity index (χ2v) is 3.51. The maximum atomic E-state index is 13.5. The minimum atomic E-state index is -0.995. The van der Waals surface area contributed by atoms with Gasteiger partial charge in [-0.3, -0.25) is 4.79 Å².